The van der Waals surface area contributed by atoms with Crippen molar-refractivity contribution in [3.63, 3.8) is 0 Å². The van der Waals surface area contributed by atoms with E-state index in [0.717, 1.165) is 17.1 Å². The van der Waals surface area contributed by atoms with Gasteiger partial charge in [0, 0.05) is 32.9 Å². The van der Waals surface area contributed by atoms with E-state index in [1.807, 2.05) is 0 Å². The number of hydrogen-bond acceptors (Lipinski definition) is 9. The van der Waals surface area contributed by atoms with Gasteiger partial charge in [0.1, 0.15) is 17.7 Å². The number of aryl methyl sites for hydroxylation is 2. The zero-order valence-electron chi connectivity index (χ0n) is 24.2. The molecule has 0 fully saturated rings. The summed E-state index contributed by atoms with van der Waals surface area (Å²) in [6.45, 7) is 2.99. The molecule has 0 spiro atoms. The fraction of sp³-hybridized carbons (Fsp3) is 0.345. The second kappa shape index (κ2) is 13.5. The molecule has 3 aromatic rings. The number of Topliss-reactive ketones (excluding diaryl/α,β-unsaturated/α-hetero) is 1. The van der Waals surface area contributed by atoms with Crippen LogP contribution in [0.15, 0.2) is 41.2 Å². The van der Waals surface area contributed by atoms with Gasteiger partial charge in [0.15, 0.2) is 0 Å². The largest absolute Gasteiger partial charge is 0.481 e. The van der Waals surface area contributed by atoms with Crippen molar-refractivity contribution in [2.45, 2.75) is 57.7 Å². The molecule has 0 unspecified atom stereocenters. The molecule has 14 nitrogen and oxygen atoms in total. The lowest BCUT2D eigenvalue weighted by Crippen LogP contribution is -2.67. The number of halogens is 1. The monoisotopic (exact) mass is 613 g/mol. The van der Waals surface area contributed by atoms with Crippen molar-refractivity contribution in [1.82, 2.24) is 20.0 Å². The highest BCUT2D eigenvalue weighted by molar-refractivity contribution is 6.17. The molecule has 0 aliphatic rings. The standard InChI is InChI=1S/C29H32FN5O9/c1-15-12-22-19(26(40)33-16(2)32-22)13-17(15)14-34(3)35(23(36)9-8-21(31)27(41)42)29(28(43)44,11-10-24(37)38)25(39)18-6-4-5-7-20(18)30/h4-7,12-13,21H,8-11,14,31H2,1-3H3,(H,37,38)(H,41,42)(H,43,44)(H,32,33,40)/t21-,29-/m0/s1. The first-order chi connectivity index (χ1) is 20.6. The van der Waals surface area contributed by atoms with Gasteiger partial charge in [-0.1, -0.05) is 12.1 Å². The molecule has 6 N–H and O–H groups in total. The van der Waals surface area contributed by atoms with Gasteiger partial charge in [-0.25, -0.2) is 24.2 Å². The molecule has 0 bridgehead atoms. The maximum atomic E-state index is 14.9. The lowest BCUT2D eigenvalue weighted by atomic mass is 9.83. The summed E-state index contributed by atoms with van der Waals surface area (Å²) in [6, 6.07) is 6.02. The molecule has 0 saturated carbocycles. The van der Waals surface area contributed by atoms with Crippen molar-refractivity contribution < 1.29 is 43.7 Å². The van der Waals surface area contributed by atoms with Gasteiger partial charge in [-0.05, 0) is 55.7 Å². The van der Waals surface area contributed by atoms with Gasteiger partial charge < -0.3 is 26.0 Å². The minimum Gasteiger partial charge on any atom is -0.481 e. The number of aromatic amines is 1. The number of nitrogens with one attached hydrogen (secondary N) is 1. The molecule has 2 aromatic carbocycles. The molecule has 234 valence electrons. The third kappa shape index (κ3) is 6.95. The fourth-order valence-corrected chi connectivity index (χ4v) is 4.91. The van der Waals surface area contributed by atoms with Crippen molar-refractivity contribution >= 4 is 40.5 Å². The van der Waals surface area contributed by atoms with Crippen molar-refractivity contribution in [3.8, 4) is 0 Å². The van der Waals surface area contributed by atoms with E-state index >= 15 is 0 Å². The molecule has 0 radical (unpaired) electrons. The highest BCUT2D eigenvalue weighted by atomic mass is 19.1. The predicted molar refractivity (Wildman–Crippen MR) is 153 cm³/mol. The van der Waals surface area contributed by atoms with Gasteiger partial charge >= 0.3 is 17.9 Å². The Kier molecular flexibility index (Phi) is 10.3. The molecule has 0 aliphatic heterocycles. The maximum Gasteiger partial charge on any atom is 0.339 e. The van der Waals surface area contributed by atoms with Crippen LogP contribution < -0.4 is 11.3 Å². The third-order valence-electron chi connectivity index (χ3n) is 7.15. The van der Waals surface area contributed by atoms with Crippen LogP contribution in [0.25, 0.3) is 10.9 Å². The normalized spacial score (nSPS) is 13.3. The minimum absolute atomic E-state index is 0.188. The van der Waals surface area contributed by atoms with Gasteiger partial charge in [0.25, 0.3) is 5.56 Å². The molecule has 0 aliphatic carbocycles. The zero-order chi connectivity index (χ0) is 32.9. The minimum atomic E-state index is -2.99. The lowest BCUT2D eigenvalue weighted by molar-refractivity contribution is -0.177. The van der Waals surface area contributed by atoms with Gasteiger partial charge in [0.05, 0.1) is 16.5 Å². The van der Waals surface area contributed by atoms with Crippen LogP contribution in [0.1, 0.15) is 53.0 Å². The Bertz CT molecular complexity index is 1690. The molecule has 15 heteroatoms. The molecule has 1 aromatic heterocycles. The molecular weight excluding hydrogens is 581 g/mol. The Hall–Kier alpha value is -5.02. The van der Waals surface area contributed by atoms with E-state index in [9.17, 15) is 48.5 Å². The number of aliphatic carboxylic acids is 3. The van der Waals surface area contributed by atoms with Gasteiger partial charge in [-0.2, -0.15) is 0 Å². The second-order valence-electron chi connectivity index (χ2n) is 10.3. The summed E-state index contributed by atoms with van der Waals surface area (Å²) in [6.07, 6.45) is -3.00. The lowest BCUT2D eigenvalue weighted by Gasteiger charge is -2.44. The van der Waals surface area contributed by atoms with E-state index in [1.165, 1.54) is 25.2 Å². The van der Waals surface area contributed by atoms with Crippen LogP contribution in [0.5, 0.6) is 0 Å². The van der Waals surface area contributed by atoms with Crippen LogP contribution in [0.3, 0.4) is 0 Å². The highest BCUT2D eigenvalue weighted by Crippen LogP contribution is 2.32. The van der Waals surface area contributed by atoms with E-state index in [4.69, 9.17) is 5.73 Å². The first-order valence-corrected chi connectivity index (χ1v) is 13.4. The summed E-state index contributed by atoms with van der Waals surface area (Å²) in [5.74, 6) is -8.09. The Labute approximate surface area is 249 Å². The highest BCUT2D eigenvalue weighted by Gasteiger charge is 2.55. The molecule has 44 heavy (non-hydrogen) atoms. The van der Waals surface area contributed by atoms with Gasteiger partial charge in [-0.15, -0.1) is 0 Å². The zero-order valence-corrected chi connectivity index (χ0v) is 24.2. The number of carboxylic acids is 3. The first kappa shape index (κ1) is 33.5. The number of ketones is 1. The van der Waals surface area contributed by atoms with Crippen LogP contribution >= 0.6 is 0 Å². The van der Waals surface area contributed by atoms with E-state index in [1.54, 1.807) is 19.9 Å². The van der Waals surface area contributed by atoms with Gasteiger partial charge in [-0.3, -0.25) is 24.0 Å². The van der Waals surface area contributed by atoms with E-state index in [2.05, 4.69) is 9.97 Å². The van der Waals surface area contributed by atoms with E-state index in [-0.39, 0.29) is 11.9 Å². The number of amides is 1. The predicted octanol–water partition coefficient (Wildman–Crippen LogP) is 1.62. The number of aromatic nitrogens is 2. The summed E-state index contributed by atoms with van der Waals surface area (Å²) in [5, 5.41) is 31.0. The van der Waals surface area contributed by atoms with Gasteiger partial charge in [0.2, 0.25) is 17.2 Å². The molecule has 1 heterocycles. The van der Waals surface area contributed by atoms with Crippen LogP contribution in [0.4, 0.5) is 4.39 Å². The summed E-state index contributed by atoms with van der Waals surface area (Å²) in [7, 11) is 1.25. The van der Waals surface area contributed by atoms with Crippen molar-refractivity contribution in [2.75, 3.05) is 7.05 Å². The molecule has 3 rings (SSSR count). The topological polar surface area (TPSA) is 224 Å². The number of nitrogens with two attached hydrogens (primary N) is 1. The van der Waals surface area contributed by atoms with Crippen molar-refractivity contribution in [1.29, 1.82) is 0 Å². The number of carboxylic acid groups (broad SMARTS) is 3. The Morgan fingerprint density at radius 2 is 1.73 bits per heavy atom. The first-order valence-electron chi connectivity index (χ1n) is 13.4. The second-order valence-corrected chi connectivity index (χ2v) is 10.3. The quantitative estimate of drug-likeness (QED) is 0.0993. The molecule has 1 amide bonds. The summed E-state index contributed by atoms with van der Waals surface area (Å²) < 4.78 is 14.9. The fourth-order valence-electron chi connectivity index (χ4n) is 4.91. The number of carbonyl (C=O) groups is 5. The number of carbonyl (C=O) groups excluding carboxylic acids is 2. The summed E-state index contributed by atoms with van der Waals surface area (Å²) >= 11 is 0. The number of hydrogen-bond donors (Lipinski definition) is 5. The maximum absolute atomic E-state index is 14.9. The SMILES string of the molecule is Cc1nc2cc(C)c(CN(C)N(C(=O)CC[C@H](N)C(=O)O)[C@](CCC(=O)O)(C(=O)O)C(=O)c3ccccc3F)cc2c(=O)[nH]1. The Morgan fingerprint density at radius 3 is 2.32 bits per heavy atom. The van der Waals surface area contributed by atoms with Crippen LogP contribution in [-0.4, -0.2) is 83.5 Å². The van der Waals surface area contributed by atoms with Crippen LogP contribution in [0.2, 0.25) is 0 Å². The Morgan fingerprint density at radius 1 is 1.07 bits per heavy atom. The molecular formula is C29H32FN5O9. The van der Waals surface area contributed by atoms with E-state index in [0.29, 0.717) is 27.5 Å². The average Bonchev–Trinajstić information content (AvgIpc) is 2.93. The van der Waals surface area contributed by atoms with Crippen molar-refractivity contribution in [2.24, 2.45) is 5.73 Å². The number of benzene rings is 2. The summed E-state index contributed by atoms with van der Waals surface area (Å²) in [4.78, 5) is 83.4. The van der Waals surface area contributed by atoms with E-state index < -0.39 is 83.8 Å². The molecule has 0 saturated heterocycles. The van der Waals surface area contributed by atoms with Crippen LogP contribution in [-0.2, 0) is 25.7 Å². The number of nitrogens with zero attached hydrogens (tertiary/aromatic N) is 3. The Balaban J connectivity index is 2.24. The summed E-state index contributed by atoms with van der Waals surface area (Å²) in [5.41, 5.74) is 2.78. The number of H-pyrrole nitrogens is 1. The third-order valence-corrected chi connectivity index (χ3v) is 7.15. The smallest absolute Gasteiger partial charge is 0.339 e. The number of fused-ring (bicyclic) bond motifs is 1. The number of rotatable bonds is 14. The van der Waals surface area contributed by atoms with Crippen molar-refractivity contribution in [3.05, 3.63) is 75.1 Å². The number of hydrazine groups is 1. The van der Waals surface area contributed by atoms with Crippen LogP contribution in [0, 0.1) is 19.7 Å². The molecule has 2 atom stereocenters. The average molecular weight is 614 g/mol.